The largest absolute Gasteiger partial charge is 0.454 e. The van der Waals surface area contributed by atoms with Gasteiger partial charge >= 0.3 is 0 Å². The zero-order chi connectivity index (χ0) is 20.7. The molecule has 3 aliphatic rings. The maximum Gasteiger partial charge on any atom is 0.257 e. The first kappa shape index (κ1) is 19.4. The predicted molar refractivity (Wildman–Crippen MR) is 113 cm³/mol. The topological polar surface area (TPSA) is 80.8 Å². The van der Waals surface area contributed by atoms with E-state index in [0.29, 0.717) is 28.1 Å². The molecule has 8 heteroatoms. The number of nitrogens with zero attached hydrogens (tertiary/aromatic N) is 2. The van der Waals surface area contributed by atoms with Crippen molar-refractivity contribution in [2.24, 2.45) is 5.92 Å². The second-order valence-electron chi connectivity index (χ2n) is 8.33. The van der Waals surface area contributed by atoms with Crippen LogP contribution < -0.4 is 14.8 Å². The molecule has 1 fully saturated rings. The summed E-state index contributed by atoms with van der Waals surface area (Å²) in [5.74, 6) is 1.53. The molecule has 0 bridgehead atoms. The summed E-state index contributed by atoms with van der Waals surface area (Å²) >= 11 is 1.48. The van der Waals surface area contributed by atoms with Crippen LogP contribution in [0.5, 0.6) is 11.5 Å². The van der Waals surface area contributed by atoms with E-state index in [-0.39, 0.29) is 24.5 Å². The lowest BCUT2D eigenvalue weighted by Gasteiger charge is -2.34. The molecule has 0 radical (unpaired) electrons. The Morgan fingerprint density at radius 2 is 2.07 bits per heavy atom. The second-order valence-corrected chi connectivity index (χ2v) is 9.41. The van der Waals surface area contributed by atoms with E-state index in [1.165, 1.54) is 17.8 Å². The number of aryl methyl sites for hydroxylation is 1. The number of carbonyl (C=O) groups is 2. The van der Waals surface area contributed by atoms with Gasteiger partial charge in [-0.25, -0.2) is 4.98 Å². The number of aromatic nitrogens is 1. The molecule has 1 saturated heterocycles. The quantitative estimate of drug-likeness (QED) is 0.806. The Kier molecular flexibility index (Phi) is 5.10. The van der Waals surface area contributed by atoms with Gasteiger partial charge in [-0.3, -0.25) is 14.9 Å². The predicted octanol–water partition coefficient (Wildman–Crippen LogP) is 3.80. The number of nitrogens with one attached hydrogen (secondary N) is 1. The van der Waals surface area contributed by atoms with Crippen LogP contribution in [0.4, 0.5) is 5.13 Å². The zero-order valence-corrected chi connectivity index (χ0v) is 17.8. The van der Waals surface area contributed by atoms with Crippen molar-refractivity contribution < 1.29 is 19.1 Å². The number of carbonyl (C=O) groups excluding carboxylic acids is 2. The molecule has 1 aromatic carbocycles. The van der Waals surface area contributed by atoms with Crippen molar-refractivity contribution in [2.45, 2.75) is 44.9 Å². The number of fused-ring (bicyclic) bond motifs is 2. The summed E-state index contributed by atoms with van der Waals surface area (Å²) in [6.45, 7) is 4.05. The first-order valence-corrected chi connectivity index (χ1v) is 11.4. The lowest BCUT2D eigenvalue weighted by Crippen LogP contribution is -2.42. The highest BCUT2D eigenvalue weighted by atomic mass is 32.1. The van der Waals surface area contributed by atoms with Gasteiger partial charge in [-0.15, -0.1) is 11.3 Å². The smallest absolute Gasteiger partial charge is 0.257 e. The van der Waals surface area contributed by atoms with E-state index in [4.69, 9.17) is 9.47 Å². The molecular formula is C22H25N3O4S. The van der Waals surface area contributed by atoms with Crippen molar-refractivity contribution in [1.29, 1.82) is 0 Å². The molecule has 3 heterocycles. The van der Waals surface area contributed by atoms with Gasteiger partial charge in [-0.1, -0.05) is 6.92 Å². The maximum atomic E-state index is 13.2. The first-order chi connectivity index (χ1) is 14.6. The van der Waals surface area contributed by atoms with Gasteiger partial charge < -0.3 is 14.4 Å². The third kappa shape index (κ3) is 3.64. The van der Waals surface area contributed by atoms with Crippen molar-refractivity contribution in [1.82, 2.24) is 9.88 Å². The molecule has 1 aromatic heterocycles. The number of hydrogen-bond acceptors (Lipinski definition) is 6. The van der Waals surface area contributed by atoms with Crippen LogP contribution in [0.25, 0.3) is 0 Å². The number of piperidine rings is 1. The van der Waals surface area contributed by atoms with Crippen LogP contribution in [-0.4, -0.2) is 41.6 Å². The summed E-state index contributed by atoms with van der Waals surface area (Å²) in [4.78, 5) is 33.7. The highest BCUT2D eigenvalue weighted by molar-refractivity contribution is 7.16. The Labute approximate surface area is 179 Å². The molecule has 1 N–H and O–H groups in total. The fourth-order valence-electron chi connectivity index (χ4n) is 4.53. The summed E-state index contributed by atoms with van der Waals surface area (Å²) in [5.41, 5.74) is 1.35. The van der Waals surface area contributed by atoms with Crippen molar-refractivity contribution >= 4 is 28.3 Å². The number of likely N-dealkylation sites (tertiary alicyclic amines) is 1. The van der Waals surface area contributed by atoms with E-state index < -0.39 is 0 Å². The molecule has 5 rings (SSSR count). The molecule has 0 saturated carbocycles. The highest BCUT2D eigenvalue weighted by Crippen LogP contribution is 2.39. The average molecular weight is 428 g/mol. The standard InChI is InChI=1S/C22H25N3O4S/c1-13-4-3-9-25(11-13)21(27)15-5-2-6-18-19(15)23-22(30-18)24-20(26)14-7-8-16-17(10-14)29-12-28-16/h7-8,10,13,15H,2-6,9,11-12H2,1H3,(H,23,24,26). The van der Waals surface area contributed by atoms with Gasteiger partial charge in [0.25, 0.3) is 5.91 Å². The van der Waals surface area contributed by atoms with E-state index in [9.17, 15) is 9.59 Å². The molecule has 1 aliphatic carbocycles. The van der Waals surface area contributed by atoms with Gasteiger partial charge in [0.15, 0.2) is 16.6 Å². The SMILES string of the molecule is CC1CCCN(C(=O)C2CCCc3sc(NC(=O)c4ccc5c(c4)OCO5)nc32)C1. The van der Waals surface area contributed by atoms with Crippen LogP contribution in [0.15, 0.2) is 18.2 Å². The number of thiazole rings is 1. The number of benzene rings is 1. The van der Waals surface area contributed by atoms with Gasteiger partial charge in [-0.05, 0) is 56.2 Å². The van der Waals surface area contributed by atoms with Crippen LogP contribution >= 0.6 is 11.3 Å². The highest BCUT2D eigenvalue weighted by Gasteiger charge is 2.34. The molecule has 30 heavy (non-hydrogen) atoms. The summed E-state index contributed by atoms with van der Waals surface area (Å²) in [7, 11) is 0. The lowest BCUT2D eigenvalue weighted by atomic mass is 9.88. The monoisotopic (exact) mass is 427 g/mol. The van der Waals surface area contributed by atoms with Gasteiger partial charge in [0, 0.05) is 23.5 Å². The molecule has 2 aliphatic heterocycles. The normalized spacial score (nSPS) is 22.5. The van der Waals surface area contributed by atoms with E-state index >= 15 is 0 Å². The molecule has 2 amide bonds. The molecule has 7 nitrogen and oxygen atoms in total. The average Bonchev–Trinajstić information content (AvgIpc) is 3.38. The van der Waals surface area contributed by atoms with Gasteiger partial charge in [-0.2, -0.15) is 0 Å². The van der Waals surface area contributed by atoms with Crippen LogP contribution in [0.1, 0.15) is 59.5 Å². The van der Waals surface area contributed by atoms with Crippen molar-refractivity contribution in [3.8, 4) is 11.5 Å². The summed E-state index contributed by atoms with van der Waals surface area (Å²) in [6.07, 6.45) is 4.97. The van der Waals surface area contributed by atoms with E-state index in [1.54, 1.807) is 18.2 Å². The second kappa shape index (κ2) is 7.91. The number of rotatable bonds is 3. The van der Waals surface area contributed by atoms with E-state index in [0.717, 1.165) is 49.3 Å². The first-order valence-electron chi connectivity index (χ1n) is 10.6. The van der Waals surface area contributed by atoms with Gasteiger partial charge in [0.2, 0.25) is 12.7 Å². The Bertz CT molecular complexity index is 989. The molecule has 2 atom stereocenters. The number of amides is 2. The molecular weight excluding hydrogens is 402 g/mol. The molecule has 158 valence electrons. The summed E-state index contributed by atoms with van der Waals surface area (Å²) < 4.78 is 10.7. The summed E-state index contributed by atoms with van der Waals surface area (Å²) in [6, 6.07) is 5.12. The fraction of sp³-hybridized carbons (Fsp3) is 0.500. The Morgan fingerprint density at radius 1 is 1.20 bits per heavy atom. The zero-order valence-electron chi connectivity index (χ0n) is 17.0. The number of hydrogen-bond donors (Lipinski definition) is 1. The third-order valence-electron chi connectivity index (χ3n) is 6.08. The molecule has 0 spiro atoms. The molecule has 2 unspecified atom stereocenters. The molecule has 2 aromatic rings. The third-order valence-corrected chi connectivity index (χ3v) is 7.12. The minimum absolute atomic E-state index is 0.171. The van der Waals surface area contributed by atoms with E-state index in [1.807, 2.05) is 4.90 Å². The van der Waals surface area contributed by atoms with Gasteiger partial charge in [0.1, 0.15) is 0 Å². The van der Waals surface area contributed by atoms with Crippen molar-refractivity contribution in [3.63, 3.8) is 0 Å². The lowest BCUT2D eigenvalue weighted by molar-refractivity contribution is -0.135. The Balaban J connectivity index is 1.33. The van der Waals surface area contributed by atoms with Gasteiger partial charge in [0.05, 0.1) is 11.6 Å². The summed E-state index contributed by atoms with van der Waals surface area (Å²) in [5, 5.41) is 3.45. The Morgan fingerprint density at radius 3 is 2.93 bits per heavy atom. The minimum atomic E-state index is -0.243. The van der Waals surface area contributed by atoms with E-state index in [2.05, 4.69) is 17.2 Å². The van der Waals surface area contributed by atoms with Crippen LogP contribution in [0.2, 0.25) is 0 Å². The van der Waals surface area contributed by atoms with Crippen molar-refractivity contribution in [2.75, 3.05) is 25.2 Å². The van der Waals surface area contributed by atoms with Crippen LogP contribution in [0.3, 0.4) is 0 Å². The maximum absolute atomic E-state index is 13.2. The number of ether oxygens (including phenoxy) is 2. The van der Waals surface area contributed by atoms with Crippen LogP contribution in [-0.2, 0) is 11.2 Å². The van der Waals surface area contributed by atoms with Crippen molar-refractivity contribution in [3.05, 3.63) is 34.3 Å². The van der Waals surface area contributed by atoms with Crippen LogP contribution in [0, 0.1) is 5.92 Å². The minimum Gasteiger partial charge on any atom is -0.454 e. The number of anilines is 1. The Hall–Kier alpha value is -2.61. The fourth-order valence-corrected chi connectivity index (χ4v) is 5.59.